The van der Waals surface area contributed by atoms with E-state index < -0.39 is 0 Å². The van der Waals surface area contributed by atoms with Crippen molar-refractivity contribution in [2.75, 3.05) is 26.2 Å². The summed E-state index contributed by atoms with van der Waals surface area (Å²) in [5.41, 5.74) is 1.85. The number of thiazole rings is 1. The maximum Gasteiger partial charge on any atom is 0.270 e. The average Bonchev–Trinajstić information content (AvgIpc) is 3.27. The van der Waals surface area contributed by atoms with Crippen LogP contribution in [0.3, 0.4) is 0 Å². The molecule has 2 aliphatic heterocycles. The molecule has 0 aliphatic carbocycles. The van der Waals surface area contributed by atoms with E-state index in [-0.39, 0.29) is 18.1 Å². The van der Waals surface area contributed by atoms with E-state index in [1.165, 1.54) is 0 Å². The number of hydrogen-bond acceptors (Lipinski definition) is 5. The first kappa shape index (κ1) is 15.8. The molecule has 7 heteroatoms. The van der Waals surface area contributed by atoms with E-state index >= 15 is 0 Å². The van der Waals surface area contributed by atoms with Crippen LogP contribution in [0.2, 0.25) is 0 Å². The van der Waals surface area contributed by atoms with Crippen molar-refractivity contribution in [3.05, 3.63) is 40.1 Å². The number of fused-ring (bicyclic) bond motifs is 1. The van der Waals surface area contributed by atoms with Crippen LogP contribution in [0.4, 0.5) is 0 Å². The molecule has 2 fully saturated rings. The third-order valence-corrected chi connectivity index (χ3v) is 5.72. The van der Waals surface area contributed by atoms with Crippen molar-refractivity contribution in [2.45, 2.75) is 25.6 Å². The maximum atomic E-state index is 12.8. The van der Waals surface area contributed by atoms with E-state index in [0.29, 0.717) is 6.54 Å². The normalized spacial score (nSPS) is 24.3. The number of morpholine rings is 1. The Hall–Kier alpha value is -1.70. The number of carbonyl (C=O) groups excluding carboxylic acids is 1. The smallest absolute Gasteiger partial charge is 0.270 e. The van der Waals surface area contributed by atoms with Crippen molar-refractivity contribution >= 4 is 17.2 Å². The summed E-state index contributed by atoms with van der Waals surface area (Å²) >= 11 is 1.69. The van der Waals surface area contributed by atoms with Gasteiger partial charge in [0.05, 0.1) is 29.5 Å². The van der Waals surface area contributed by atoms with E-state index in [2.05, 4.69) is 15.3 Å². The summed E-state index contributed by atoms with van der Waals surface area (Å²) in [6.45, 7) is 5.87. The number of nitrogens with zero attached hydrogens (tertiary/aromatic N) is 4. The summed E-state index contributed by atoms with van der Waals surface area (Å²) < 4.78 is 7.82. The molecule has 0 bridgehead atoms. The van der Waals surface area contributed by atoms with Crippen LogP contribution in [0.25, 0.3) is 0 Å². The van der Waals surface area contributed by atoms with Gasteiger partial charge in [0.1, 0.15) is 5.69 Å². The molecule has 24 heavy (non-hydrogen) atoms. The Morgan fingerprint density at radius 3 is 3.04 bits per heavy atom. The Morgan fingerprint density at radius 2 is 2.33 bits per heavy atom. The van der Waals surface area contributed by atoms with Crippen molar-refractivity contribution < 1.29 is 9.53 Å². The number of aromatic nitrogens is 2. The van der Waals surface area contributed by atoms with Gasteiger partial charge in [0.25, 0.3) is 5.91 Å². The lowest BCUT2D eigenvalue weighted by Crippen LogP contribution is -2.50. The third kappa shape index (κ3) is 2.87. The molecule has 2 aliphatic rings. The molecule has 2 saturated heterocycles. The first-order valence-corrected chi connectivity index (χ1v) is 9.17. The number of likely N-dealkylation sites (tertiary alicyclic amines) is 1. The zero-order chi connectivity index (χ0) is 16.7. The average molecular weight is 346 g/mol. The zero-order valence-electron chi connectivity index (χ0n) is 14.0. The van der Waals surface area contributed by atoms with Gasteiger partial charge in [0, 0.05) is 44.8 Å². The first-order valence-electron chi connectivity index (χ1n) is 8.29. The molecule has 6 nitrogen and oxygen atoms in total. The molecule has 1 amide bonds. The van der Waals surface area contributed by atoms with Gasteiger partial charge in [-0.1, -0.05) is 0 Å². The largest absolute Gasteiger partial charge is 0.373 e. The van der Waals surface area contributed by atoms with E-state index in [9.17, 15) is 4.79 Å². The minimum atomic E-state index is 0.0879. The molecule has 0 unspecified atom stereocenters. The lowest BCUT2D eigenvalue weighted by atomic mass is 10.1. The predicted molar refractivity (Wildman–Crippen MR) is 92.1 cm³/mol. The van der Waals surface area contributed by atoms with Crippen molar-refractivity contribution in [3.63, 3.8) is 0 Å². The number of rotatable bonds is 3. The van der Waals surface area contributed by atoms with Gasteiger partial charge in [-0.2, -0.15) is 0 Å². The highest BCUT2D eigenvalue weighted by atomic mass is 32.1. The molecular weight excluding hydrogens is 324 g/mol. The number of hydrogen-bond donors (Lipinski definition) is 0. The van der Waals surface area contributed by atoms with E-state index in [4.69, 9.17) is 4.74 Å². The molecule has 0 radical (unpaired) electrons. The van der Waals surface area contributed by atoms with Crippen LogP contribution in [-0.4, -0.2) is 63.6 Å². The standard InChI is InChI=1S/C17H22N4O2S/c1-12-18-13(11-24-12)8-20-6-7-23-16-10-21(9-15(16)20)17(22)14-4-3-5-19(14)2/h3-5,11,15-16H,6-10H2,1-2H3/t15-,16+/m1/s1. The molecule has 0 saturated carbocycles. The second-order valence-corrected chi connectivity index (χ2v) is 7.58. The summed E-state index contributed by atoms with van der Waals surface area (Å²) in [6.07, 6.45) is 2.01. The maximum absolute atomic E-state index is 12.8. The van der Waals surface area contributed by atoms with Crippen LogP contribution < -0.4 is 0 Å². The number of ether oxygens (including phenoxy) is 1. The van der Waals surface area contributed by atoms with Crippen molar-refractivity contribution in [1.29, 1.82) is 0 Å². The van der Waals surface area contributed by atoms with Crippen LogP contribution in [-0.2, 0) is 18.3 Å². The molecule has 0 N–H and O–H groups in total. The van der Waals surface area contributed by atoms with E-state index in [0.717, 1.165) is 42.6 Å². The van der Waals surface area contributed by atoms with Gasteiger partial charge in [-0.05, 0) is 19.1 Å². The van der Waals surface area contributed by atoms with Crippen LogP contribution in [0.1, 0.15) is 21.2 Å². The van der Waals surface area contributed by atoms with Crippen molar-refractivity contribution in [3.8, 4) is 0 Å². The molecule has 2 aromatic heterocycles. The van der Waals surface area contributed by atoms with Crippen LogP contribution >= 0.6 is 11.3 Å². The highest BCUT2D eigenvalue weighted by Gasteiger charge is 2.42. The zero-order valence-corrected chi connectivity index (χ0v) is 14.8. The van der Waals surface area contributed by atoms with Gasteiger partial charge in [-0.25, -0.2) is 4.98 Å². The predicted octanol–water partition coefficient (Wildman–Crippen LogP) is 1.52. The topological polar surface area (TPSA) is 50.6 Å². The quantitative estimate of drug-likeness (QED) is 0.845. The molecule has 0 spiro atoms. The second-order valence-electron chi connectivity index (χ2n) is 6.52. The molecule has 2 atom stereocenters. The highest BCUT2D eigenvalue weighted by molar-refractivity contribution is 7.09. The molecule has 0 aromatic carbocycles. The highest BCUT2D eigenvalue weighted by Crippen LogP contribution is 2.26. The molecule has 128 valence electrons. The monoisotopic (exact) mass is 346 g/mol. The Balaban J connectivity index is 1.48. The fraction of sp³-hybridized carbons (Fsp3) is 0.529. The molecule has 4 rings (SSSR count). The number of amides is 1. The van der Waals surface area contributed by atoms with Gasteiger partial charge in [0.15, 0.2) is 0 Å². The number of aryl methyl sites for hydroxylation is 2. The second kappa shape index (κ2) is 6.31. The van der Waals surface area contributed by atoms with E-state index in [1.807, 2.05) is 41.8 Å². The fourth-order valence-corrected chi connectivity index (χ4v) is 4.26. The van der Waals surface area contributed by atoms with Gasteiger partial charge < -0.3 is 14.2 Å². The summed E-state index contributed by atoms with van der Waals surface area (Å²) in [6, 6.07) is 4.04. The first-order chi connectivity index (χ1) is 11.6. The number of carbonyl (C=O) groups is 1. The molecular formula is C17H22N4O2S. The van der Waals surface area contributed by atoms with Gasteiger partial charge in [-0.3, -0.25) is 9.69 Å². The minimum absolute atomic E-state index is 0.0879. The third-order valence-electron chi connectivity index (χ3n) is 4.90. The van der Waals surface area contributed by atoms with Crippen LogP contribution in [0, 0.1) is 6.92 Å². The van der Waals surface area contributed by atoms with E-state index in [1.54, 1.807) is 11.3 Å². The van der Waals surface area contributed by atoms with Crippen LogP contribution in [0.5, 0.6) is 0 Å². The van der Waals surface area contributed by atoms with Gasteiger partial charge >= 0.3 is 0 Å². The van der Waals surface area contributed by atoms with Gasteiger partial charge in [-0.15, -0.1) is 11.3 Å². The van der Waals surface area contributed by atoms with Gasteiger partial charge in [0.2, 0.25) is 0 Å². The molecule has 4 heterocycles. The summed E-state index contributed by atoms with van der Waals surface area (Å²) in [5.74, 6) is 0.0879. The Bertz CT molecular complexity index is 741. The Labute approximate surface area is 145 Å². The Morgan fingerprint density at radius 1 is 1.46 bits per heavy atom. The molecule has 2 aromatic rings. The minimum Gasteiger partial charge on any atom is -0.373 e. The Kier molecular flexibility index (Phi) is 4.15. The SMILES string of the molecule is Cc1nc(CN2CCO[C@H]3CN(C(=O)c4cccn4C)C[C@H]32)cs1. The summed E-state index contributed by atoms with van der Waals surface area (Å²) in [7, 11) is 1.91. The fourth-order valence-electron chi connectivity index (χ4n) is 3.65. The van der Waals surface area contributed by atoms with Crippen molar-refractivity contribution in [1.82, 2.24) is 19.4 Å². The summed E-state index contributed by atoms with van der Waals surface area (Å²) in [5, 5.41) is 3.23. The lowest BCUT2D eigenvalue weighted by molar-refractivity contribution is -0.0507. The van der Waals surface area contributed by atoms with Crippen LogP contribution in [0.15, 0.2) is 23.7 Å². The summed E-state index contributed by atoms with van der Waals surface area (Å²) in [4.78, 5) is 21.7. The van der Waals surface area contributed by atoms with Crippen molar-refractivity contribution in [2.24, 2.45) is 7.05 Å². The lowest BCUT2D eigenvalue weighted by Gasteiger charge is -2.36.